The maximum absolute atomic E-state index is 13.3. The van der Waals surface area contributed by atoms with Crippen molar-refractivity contribution in [2.24, 2.45) is 24.8 Å². The summed E-state index contributed by atoms with van der Waals surface area (Å²) in [5, 5.41) is 25.0. The normalized spacial score (nSPS) is 15.6. The van der Waals surface area contributed by atoms with Crippen molar-refractivity contribution in [2.45, 2.75) is 25.4 Å². The number of nitrogens with zero attached hydrogens (tertiary/aromatic N) is 6. The van der Waals surface area contributed by atoms with E-state index < -0.39 is 40.1 Å². The van der Waals surface area contributed by atoms with Gasteiger partial charge in [0, 0.05) is 58.8 Å². The number of aryl methyl sites for hydroxylation is 2. The van der Waals surface area contributed by atoms with Gasteiger partial charge in [-0.3, -0.25) is 39.3 Å². The number of amides is 6. The molecule has 0 saturated carbocycles. The number of hydrogen-bond donors (Lipinski definition) is 5. The molecule has 2 aromatic heterocycles. The first kappa shape index (κ1) is 38.6. The number of rotatable bonds is 10. The average molecular weight is 733 g/mol. The molecule has 0 fully saturated rings. The predicted octanol–water partition coefficient (Wildman–Crippen LogP) is 2.22. The highest BCUT2D eigenvalue weighted by atomic mass is 35.5. The van der Waals surface area contributed by atoms with Gasteiger partial charge in [-0.2, -0.15) is 0 Å². The standard InChI is InChI=1S/C30H33N11O7.2ClH/c1-30(13-18(14-33-30)35-29(46)40-16-19-21(39(40)4)6-5-7-22(19)41(47)48)28(45)34-17-12-23(38(3)15-17)26(43)36-20-9-11-37(2)25(20)27(44)32-10-8-24(31)42;;/h5-7,9,11-15H,8,10,16H2,1-4H3,(H2,31,42)(H,32,44)(H,34,45)(H,35,46)(H,36,43);2*1H. The number of allylic oxidation sites excluding steroid dienone is 1. The SMILES string of the molecule is CN1c2cccc([N+](=O)[O-])c2CN1C(=O)NC1=CC(C)(C(=O)Nc2cc(C(=O)Nc3ccn(C)c3C(=O)NCCC(N)=O)n(C)c2)N=C1.Cl.Cl. The van der Waals surface area contributed by atoms with Crippen molar-refractivity contribution in [1.29, 1.82) is 0 Å². The van der Waals surface area contributed by atoms with Gasteiger partial charge < -0.3 is 36.1 Å². The number of nitrogens with one attached hydrogen (secondary N) is 4. The van der Waals surface area contributed by atoms with Gasteiger partial charge in [0.1, 0.15) is 11.4 Å². The molecule has 18 nitrogen and oxygen atoms in total. The molecule has 4 heterocycles. The molecule has 2 aliphatic rings. The Bertz CT molecular complexity index is 1940. The van der Waals surface area contributed by atoms with Gasteiger partial charge in [0.25, 0.3) is 23.4 Å². The van der Waals surface area contributed by atoms with Crippen LogP contribution in [0.15, 0.2) is 59.5 Å². The molecular weight excluding hydrogens is 697 g/mol. The number of benzene rings is 1. The molecule has 5 rings (SSSR count). The molecule has 20 heteroatoms. The minimum Gasteiger partial charge on any atom is -0.370 e. The van der Waals surface area contributed by atoms with Gasteiger partial charge >= 0.3 is 6.03 Å². The maximum atomic E-state index is 13.3. The molecule has 0 saturated heterocycles. The number of nitro benzene ring substituents is 1. The first-order valence-electron chi connectivity index (χ1n) is 14.6. The summed E-state index contributed by atoms with van der Waals surface area (Å²) in [4.78, 5) is 78.5. The van der Waals surface area contributed by atoms with E-state index in [4.69, 9.17) is 5.73 Å². The van der Waals surface area contributed by atoms with Gasteiger partial charge in [-0.25, -0.2) is 9.80 Å². The monoisotopic (exact) mass is 731 g/mol. The number of halogens is 2. The van der Waals surface area contributed by atoms with Crippen LogP contribution in [0, 0.1) is 10.1 Å². The molecule has 50 heavy (non-hydrogen) atoms. The van der Waals surface area contributed by atoms with E-state index in [-0.39, 0.29) is 72.8 Å². The van der Waals surface area contributed by atoms with Crippen molar-refractivity contribution in [3.05, 3.63) is 81.6 Å². The molecular formula is C30H35Cl2N11O7. The van der Waals surface area contributed by atoms with E-state index in [1.165, 1.54) is 49.8 Å². The molecule has 3 aromatic rings. The highest BCUT2D eigenvalue weighted by molar-refractivity contribution is 6.09. The molecule has 0 bridgehead atoms. The Morgan fingerprint density at radius 3 is 2.42 bits per heavy atom. The lowest BCUT2D eigenvalue weighted by atomic mass is 10.0. The van der Waals surface area contributed by atoms with E-state index in [1.807, 2.05) is 0 Å². The number of nitrogens with two attached hydrogens (primary N) is 1. The smallest absolute Gasteiger partial charge is 0.341 e. The molecule has 0 spiro atoms. The number of primary amides is 1. The fourth-order valence-electron chi connectivity index (χ4n) is 5.35. The van der Waals surface area contributed by atoms with E-state index in [0.717, 1.165) is 0 Å². The number of aliphatic imine (C=N–C) groups is 1. The lowest BCUT2D eigenvalue weighted by molar-refractivity contribution is -0.385. The number of carbonyl (C=O) groups excluding carboxylic acids is 5. The second-order valence-electron chi connectivity index (χ2n) is 11.3. The summed E-state index contributed by atoms with van der Waals surface area (Å²) in [5.41, 5.74) is 5.69. The molecule has 2 aliphatic heterocycles. The van der Waals surface area contributed by atoms with Gasteiger partial charge in [0.15, 0.2) is 5.54 Å². The average Bonchev–Trinajstić information content (AvgIpc) is 3.78. The summed E-state index contributed by atoms with van der Waals surface area (Å²) in [6, 6.07) is 7.04. The quantitative estimate of drug-likeness (QED) is 0.153. The van der Waals surface area contributed by atoms with Gasteiger partial charge in [0.05, 0.1) is 39.8 Å². The summed E-state index contributed by atoms with van der Waals surface area (Å²) >= 11 is 0. The fraction of sp³-hybridized carbons (Fsp3) is 0.267. The highest BCUT2D eigenvalue weighted by Crippen LogP contribution is 2.36. The van der Waals surface area contributed by atoms with Crippen LogP contribution >= 0.6 is 24.8 Å². The first-order chi connectivity index (χ1) is 22.7. The predicted molar refractivity (Wildman–Crippen MR) is 189 cm³/mol. The fourth-order valence-corrected chi connectivity index (χ4v) is 5.35. The third-order valence-corrected chi connectivity index (χ3v) is 7.88. The van der Waals surface area contributed by atoms with Crippen LogP contribution in [0.4, 0.5) is 27.5 Å². The third-order valence-electron chi connectivity index (χ3n) is 7.88. The molecule has 1 unspecified atom stereocenters. The molecule has 6 N–H and O–H groups in total. The van der Waals surface area contributed by atoms with Crippen molar-refractivity contribution in [2.75, 3.05) is 29.2 Å². The van der Waals surface area contributed by atoms with E-state index in [9.17, 15) is 34.1 Å². The number of hydrazine groups is 1. The Hall–Kier alpha value is -5.88. The van der Waals surface area contributed by atoms with Crippen LogP contribution in [-0.2, 0) is 30.2 Å². The van der Waals surface area contributed by atoms with Crippen molar-refractivity contribution >= 4 is 83.4 Å². The van der Waals surface area contributed by atoms with Crippen LogP contribution in [0.1, 0.15) is 39.9 Å². The molecule has 6 amide bonds. The van der Waals surface area contributed by atoms with Crippen molar-refractivity contribution < 1.29 is 28.9 Å². The van der Waals surface area contributed by atoms with E-state index >= 15 is 0 Å². The van der Waals surface area contributed by atoms with Gasteiger partial charge in [-0.05, 0) is 31.2 Å². The Morgan fingerprint density at radius 2 is 1.74 bits per heavy atom. The van der Waals surface area contributed by atoms with E-state index in [0.29, 0.717) is 16.9 Å². The molecule has 1 atom stereocenters. The number of aromatic nitrogens is 2. The maximum Gasteiger partial charge on any atom is 0.341 e. The summed E-state index contributed by atoms with van der Waals surface area (Å²) in [6.07, 6.45) is 5.90. The Labute approximate surface area is 297 Å². The van der Waals surface area contributed by atoms with Crippen LogP contribution in [0.3, 0.4) is 0 Å². The Morgan fingerprint density at radius 1 is 1.02 bits per heavy atom. The summed E-state index contributed by atoms with van der Waals surface area (Å²) in [7, 11) is 4.85. The van der Waals surface area contributed by atoms with Crippen LogP contribution in [0.25, 0.3) is 0 Å². The number of nitro groups is 1. The third kappa shape index (κ3) is 7.71. The Kier molecular flexibility index (Phi) is 11.7. The number of fused-ring (bicyclic) bond motifs is 1. The van der Waals surface area contributed by atoms with Crippen molar-refractivity contribution in [1.82, 2.24) is 24.8 Å². The highest BCUT2D eigenvalue weighted by Gasteiger charge is 2.37. The van der Waals surface area contributed by atoms with Crippen LogP contribution in [0.5, 0.6) is 0 Å². The minimum atomic E-state index is -1.40. The lowest BCUT2D eigenvalue weighted by Gasteiger charge is -2.26. The summed E-state index contributed by atoms with van der Waals surface area (Å²) < 4.78 is 3.02. The van der Waals surface area contributed by atoms with Gasteiger partial charge in [0.2, 0.25) is 5.91 Å². The zero-order valence-electron chi connectivity index (χ0n) is 27.3. The number of carbonyl (C=O) groups is 5. The first-order valence-corrected chi connectivity index (χ1v) is 14.6. The largest absolute Gasteiger partial charge is 0.370 e. The molecule has 0 radical (unpaired) electrons. The van der Waals surface area contributed by atoms with Crippen LogP contribution in [0.2, 0.25) is 0 Å². The Balaban J connectivity index is 0.00000338. The minimum absolute atomic E-state index is 0. The van der Waals surface area contributed by atoms with Gasteiger partial charge in [-0.1, -0.05) is 6.07 Å². The second-order valence-corrected chi connectivity index (χ2v) is 11.3. The van der Waals surface area contributed by atoms with Crippen molar-refractivity contribution in [3.8, 4) is 0 Å². The molecule has 1 aromatic carbocycles. The van der Waals surface area contributed by atoms with Crippen molar-refractivity contribution in [3.63, 3.8) is 0 Å². The van der Waals surface area contributed by atoms with Crippen LogP contribution in [-0.4, -0.2) is 74.1 Å². The summed E-state index contributed by atoms with van der Waals surface area (Å²) in [6.45, 7) is 1.56. The molecule has 0 aliphatic carbocycles. The number of urea groups is 1. The zero-order valence-corrected chi connectivity index (χ0v) is 28.9. The molecule has 266 valence electrons. The van der Waals surface area contributed by atoms with E-state index in [2.05, 4.69) is 26.3 Å². The van der Waals surface area contributed by atoms with E-state index in [1.54, 1.807) is 52.5 Å². The number of anilines is 3. The second kappa shape index (κ2) is 15.1. The van der Waals surface area contributed by atoms with Gasteiger partial charge in [-0.15, -0.1) is 24.8 Å². The summed E-state index contributed by atoms with van der Waals surface area (Å²) in [5.74, 6) is -2.16. The topological polar surface area (TPSA) is 231 Å². The zero-order chi connectivity index (χ0) is 34.9. The number of hydrogen-bond acceptors (Lipinski definition) is 9. The van der Waals surface area contributed by atoms with Crippen LogP contribution < -0.4 is 32.0 Å². The lowest BCUT2D eigenvalue weighted by Crippen LogP contribution is -2.45.